The number of hydrogen-bond donors (Lipinski definition) is 1. The zero-order valence-electron chi connectivity index (χ0n) is 40.5. The lowest BCUT2D eigenvalue weighted by molar-refractivity contribution is -0.431. The highest BCUT2D eigenvalue weighted by Gasteiger charge is 2.83. The maximum atomic E-state index is 7.12. The predicted octanol–water partition coefficient (Wildman–Crippen LogP) is 14.0. The third kappa shape index (κ3) is 14.2. The summed E-state index contributed by atoms with van der Waals surface area (Å²) in [5, 5.41) is 2.35. The molecule has 10 nitrogen and oxygen atoms in total. The van der Waals surface area contributed by atoms with Gasteiger partial charge in [-0.05, 0) is 31.0 Å². The van der Waals surface area contributed by atoms with Crippen LogP contribution in [0.1, 0.15) is 227 Å². The third-order valence-electron chi connectivity index (χ3n) is 14.8. The van der Waals surface area contributed by atoms with Crippen LogP contribution in [0, 0.1) is 5.92 Å². The standard InChI is InChI=1S/C50H92N6O4Si/c1-8-10-12-14-16-18-20-22-24-26-28-30-32-34-36-55(37-35-33-31-29-27-25-23-21-19-17-15-13-11-9-2)57-39-49-38-50(60-61(6,7)48(3,4)5)44(49)43(58-50)47(59-49)56-41-54-42-45(51)52-40-53-46(42)56/h40-41,43-44,47H,8-39H2,1-7H3,(H2,51,52,53)/t43?,44?,47-,49-,50+/m1/s1. The van der Waals surface area contributed by atoms with Crippen molar-refractivity contribution in [2.24, 2.45) is 5.92 Å². The van der Waals surface area contributed by atoms with E-state index in [9.17, 15) is 0 Å². The smallest absolute Gasteiger partial charge is 0.195 e. The molecule has 2 unspecified atom stereocenters. The molecule has 1 saturated carbocycles. The lowest BCUT2D eigenvalue weighted by Gasteiger charge is -2.67. The van der Waals surface area contributed by atoms with Crippen molar-refractivity contribution in [1.82, 2.24) is 24.6 Å². The van der Waals surface area contributed by atoms with Crippen LogP contribution in [0.4, 0.5) is 5.82 Å². The van der Waals surface area contributed by atoms with Crippen LogP contribution in [0.2, 0.25) is 18.1 Å². The van der Waals surface area contributed by atoms with Gasteiger partial charge >= 0.3 is 0 Å². The molecule has 61 heavy (non-hydrogen) atoms. The van der Waals surface area contributed by atoms with Gasteiger partial charge in [0.2, 0.25) is 0 Å². The fraction of sp³-hybridized carbons (Fsp3) is 0.900. The van der Waals surface area contributed by atoms with E-state index >= 15 is 0 Å². The molecule has 5 rings (SSSR count). The van der Waals surface area contributed by atoms with E-state index in [2.05, 4.69) is 67.7 Å². The molecule has 2 saturated heterocycles. The van der Waals surface area contributed by atoms with Gasteiger partial charge in [0.15, 0.2) is 31.8 Å². The zero-order valence-corrected chi connectivity index (χ0v) is 41.5. The molecule has 4 heterocycles. The molecule has 0 aromatic carbocycles. The Labute approximate surface area is 374 Å². The summed E-state index contributed by atoms with van der Waals surface area (Å²) in [6, 6.07) is 0. The van der Waals surface area contributed by atoms with E-state index in [0.717, 1.165) is 13.1 Å². The molecule has 2 aromatic rings. The van der Waals surface area contributed by atoms with E-state index in [1.54, 1.807) is 6.33 Å². The first-order chi connectivity index (χ1) is 29.5. The largest absolute Gasteiger partial charge is 0.389 e. The fourth-order valence-corrected chi connectivity index (χ4v) is 11.4. The van der Waals surface area contributed by atoms with Gasteiger partial charge in [0.25, 0.3) is 0 Å². The number of ether oxygens (including phenoxy) is 2. The second-order valence-electron chi connectivity index (χ2n) is 21.0. The van der Waals surface area contributed by atoms with E-state index in [1.807, 2.05) is 4.57 Å². The Kier molecular flexibility index (Phi) is 20.8. The molecule has 2 aliphatic heterocycles. The number of imidazole rings is 1. The third-order valence-corrected chi connectivity index (χ3v) is 19.3. The quantitative estimate of drug-likeness (QED) is 0.0407. The second kappa shape index (κ2) is 25.2. The second-order valence-corrected chi connectivity index (χ2v) is 25.7. The summed E-state index contributed by atoms with van der Waals surface area (Å²) >= 11 is 0. The molecule has 5 atom stereocenters. The van der Waals surface area contributed by atoms with Gasteiger partial charge in [-0.2, -0.15) is 5.06 Å². The first kappa shape index (κ1) is 50.4. The fourth-order valence-electron chi connectivity index (χ4n) is 10.0. The van der Waals surface area contributed by atoms with Crippen molar-refractivity contribution in [1.29, 1.82) is 0 Å². The van der Waals surface area contributed by atoms with E-state index in [4.69, 9.17) is 24.5 Å². The molecule has 11 heteroatoms. The van der Waals surface area contributed by atoms with Crippen LogP contribution in [0.3, 0.4) is 0 Å². The normalized spacial score (nSPS) is 23.5. The molecule has 0 amide bonds. The van der Waals surface area contributed by atoms with E-state index in [-0.39, 0.29) is 17.1 Å². The van der Waals surface area contributed by atoms with Crippen LogP contribution in [-0.2, 0) is 18.7 Å². The monoisotopic (exact) mass is 869 g/mol. The number of hydroxylamine groups is 2. The number of nitrogens with zero attached hydrogens (tertiary/aromatic N) is 5. The SMILES string of the molecule is CCCCCCCCCCCCCCCCN(CCCCCCCCCCCCCCCC)OC[C@]12C[C@@]3(O[Si](C)(C)C(C)(C)C)OC(C13)[C@H](n1cnc3c(N)ncnc31)O2. The van der Waals surface area contributed by atoms with Crippen molar-refractivity contribution in [2.75, 3.05) is 25.4 Å². The lowest BCUT2D eigenvalue weighted by Crippen LogP contribution is -2.80. The summed E-state index contributed by atoms with van der Waals surface area (Å²) in [7, 11) is -2.13. The van der Waals surface area contributed by atoms with Crippen LogP contribution >= 0.6 is 0 Å². The minimum Gasteiger partial charge on any atom is -0.389 e. The number of aromatic nitrogens is 4. The van der Waals surface area contributed by atoms with Crippen LogP contribution in [-0.4, -0.2) is 70.1 Å². The van der Waals surface area contributed by atoms with Gasteiger partial charge in [0, 0.05) is 19.5 Å². The minimum atomic E-state index is -2.13. The number of unbranched alkanes of at least 4 members (excludes halogenated alkanes) is 26. The Hall–Kier alpha value is -1.63. The Morgan fingerprint density at radius 3 is 1.61 bits per heavy atom. The maximum absolute atomic E-state index is 7.12. The Bertz CT molecular complexity index is 1490. The molecule has 1 aliphatic carbocycles. The zero-order chi connectivity index (χ0) is 43.6. The summed E-state index contributed by atoms with van der Waals surface area (Å²) in [4.78, 5) is 20.2. The summed E-state index contributed by atoms with van der Waals surface area (Å²) in [5.74, 6) is -0.195. The number of fused-ring (bicyclic) bond motifs is 1. The average Bonchev–Trinajstić information content (AvgIpc) is 3.69. The average molecular weight is 869 g/mol. The van der Waals surface area contributed by atoms with Crippen LogP contribution < -0.4 is 5.73 Å². The van der Waals surface area contributed by atoms with Crippen molar-refractivity contribution >= 4 is 25.3 Å². The van der Waals surface area contributed by atoms with E-state index in [0.29, 0.717) is 30.0 Å². The highest BCUT2D eigenvalue weighted by Crippen LogP contribution is 2.71. The highest BCUT2D eigenvalue weighted by atomic mass is 28.4. The summed E-state index contributed by atoms with van der Waals surface area (Å²) in [5.41, 5.74) is 6.95. The molecule has 2 N–H and O–H groups in total. The van der Waals surface area contributed by atoms with Crippen LogP contribution in [0.15, 0.2) is 12.7 Å². The van der Waals surface area contributed by atoms with Crippen molar-refractivity contribution in [3.05, 3.63) is 12.7 Å². The van der Waals surface area contributed by atoms with Gasteiger partial charge in [-0.15, -0.1) is 0 Å². The van der Waals surface area contributed by atoms with E-state index < -0.39 is 25.9 Å². The number of hydrogen-bond acceptors (Lipinski definition) is 9. The molecule has 0 bridgehead atoms. The summed E-state index contributed by atoms with van der Waals surface area (Å²) in [6.45, 7) is 18.6. The Morgan fingerprint density at radius 2 is 1.15 bits per heavy atom. The molecule has 350 valence electrons. The van der Waals surface area contributed by atoms with Crippen molar-refractivity contribution in [3.63, 3.8) is 0 Å². The lowest BCUT2D eigenvalue weighted by atomic mass is 9.59. The number of nitrogens with two attached hydrogens (primary N) is 1. The molecule has 3 aliphatic rings. The molecular weight excluding hydrogens is 777 g/mol. The molecule has 3 fully saturated rings. The first-order valence-electron chi connectivity index (χ1n) is 25.8. The van der Waals surface area contributed by atoms with Crippen LogP contribution in [0.5, 0.6) is 0 Å². The van der Waals surface area contributed by atoms with Crippen LogP contribution in [0.25, 0.3) is 11.2 Å². The predicted molar refractivity (Wildman–Crippen MR) is 255 cm³/mol. The summed E-state index contributed by atoms with van der Waals surface area (Å²) in [6.07, 6.45) is 41.7. The van der Waals surface area contributed by atoms with Gasteiger partial charge in [0.05, 0.1) is 18.9 Å². The van der Waals surface area contributed by atoms with Gasteiger partial charge < -0.3 is 19.6 Å². The van der Waals surface area contributed by atoms with E-state index in [1.165, 1.54) is 186 Å². The minimum absolute atomic E-state index is 0.0662. The van der Waals surface area contributed by atoms with Gasteiger partial charge in [-0.3, -0.25) is 9.40 Å². The molecule has 0 radical (unpaired) electrons. The topological polar surface area (TPSA) is 110 Å². The first-order valence-corrected chi connectivity index (χ1v) is 28.7. The maximum Gasteiger partial charge on any atom is 0.195 e. The molecule has 0 spiro atoms. The number of rotatable bonds is 36. The van der Waals surface area contributed by atoms with Gasteiger partial charge in [0.1, 0.15) is 23.5 Å². The Balaban J connectivity index is 1.11. The van der Waals surface area contributed by atoms with Gasteiger partial charge in [-0.1, -0.05) is 202 Å². The van der Waals surface area contributed by atoms with Crippen molar-refractivity contribution in [2.45, 2.75) is 263 Å². The highest BCUT2D eigenvalue weighted by molar-refractivity contribution is 6.74. The molecule has 2 aromatic heterocycles. The molecular formula is C50H92N6O4Si. The van der Waals surface area contributed by atoms with Crippen molar-refractivity contribution < 1.29 is 18.7 Å². The van der Waals surface area contributed by atoms with Crippen molar-refractivity contribution in [3.8, 4) is 0 Å². The number of nitrogen functional groups attached to an aromatic ring is 1. The summed E-state index contributed by atoms with van der Waals surface area (Å²) < 4.78 is 23.0. The number of anilines is 1. The Morgan fingerprint density at radius 1 is 0.689 bits per heavy atom. The van der Waals surface area contributed by atoms with Gasteiger partial charge in [-0.25, -0.2) is 15.0 Å².